The SMILES string of the molecule is Cc1ccc(-c2c(C)c3c(c(C)c2CC(=O)O)N(S(C)(=O)=O)Cc2nc(C)ccc2-3)cc1. The van der Waals surface area contributed by atoms with Gasteiger partial charge in [-0.15, -0.1) is 0 Å². The Morgan fingerprint density at radius 1 is 1.00 bits per heavy atom. The highest BCUT2D eigenvalue weighted by molar-refractivity contribution is 7.92. The van der Waals surface area contributed by atoms with Crippen LogP contribution in [0, 0.1) is 27.7 Å². The molecule has 3 aromatic rings. The number of nitrogens with zero attached hydrogens (tertiary/aromatic N) is 2. The second-order valence-corrected chi connectivity index (χ2v) is 10.4. The van der Waals surface area contributed by atoms with Crippen LogP contribution in [0.25, 0.3) is 22.3 Å². The number of rotatable bonds is 4. The van der Waals surface area contributed by atoms with E-state index in [0.29, 0.717) is 22.5 Å². The van der Waals surface area contributed by atoms with Gasteiger partial charge in [-0.3, -0.25) is 14.1 Å². The number of anilines is 1. The van der Waals surface area contributed by atoms with Crippen molar-refractivity contribution in [1.82, 2.24) is 4.98 Å². The lowest BCUT2D eigenvalue weighted by atomic mass is 9.81. The Kier molecular flexibility index (Phi) is 5.33. The summed E-state index contributed by atoms with van der Waals surface area (Å²) in [6.07, 6.45) is 0.983. The minimum atomic E-state index is -3.62. The van der Waals surface area contributed by atoms with Gasteiger partial charge in [0.1, 0.15) is 0 Å². The predicted octanol–water partition coefficient (Wildman–Crippen LogP) is 4.56. The summed E-state index contributed by atoms with van der Waals surface area (Å²) in [5, 5.41) is 9.67. The standard InChI is InChI=1S/C25H26N2O4S/c1-14-6-9-18(10-7-14)23-17(4)24-19-11-8-15(2)26-21(19)13-27(32(5,30)31)25(24)16(3)20(23)12-22(28)29/h6-11H,12-13H2,1-5H3,(H,28,29). The lowest BCUT2D eigenvalue weighted by molar-refractivity contribution is -0.136. The van der Waals surface area contributed by atoms with Crippen molar-refractivity contribution in [3.8, 4) is 22.3 Å². The number of carboxylic acid groups (broad SMARTS) is 1. The molecule has 2 heterocycles. The van der Waals surface area contributed by atoms with Crippen molar-refractivity contribution in [2.45, 2.75) is 40.7 Å². The number of fused-ring (bicyclic) bond motifs is 3. The molecule has 0 radical (unpaired) electrons. The molecular weight excluding hydrogens is 424 g/mol. The first-order valence-electron chi connectivity index (χ1n) is 10.4. The quantitative estimate of drug-likeness (QED) is 0.630. The molecule has 1 aliphatic rings. The Morgan fingerprint density at radius 3 is 2.25 bits per heavy atom. The lowest BCUT2D eigenvalue weighted by Gasteiger charge is -2.35. The zero-order valence-electron chi connectivity index (χ0n) is 18.9. The Hall–Kier alpha value is -3.19. The fourth-order valence-electron chi connectivity index (χ4n) is 4.63. The number of aromatic nitrogens is 1. The van der Waals surface area contributed by atoms with Gasteiger partial charge in [0.15, 0.2) is 0 Å². The molecule has 0 spiro atoms. The van der Waals surface area contributed by atoms with E-state index in [9.17, 15) is 18.3 Å². The van der Waals surface area contributed by atoms with Gasteiger partial charge in [-0.25, -0.2) is 8.42 Å². The third-order valence-corrected chi connectivity index (χ3v) is 7.20. The minimum absolute atomic E-state index is 0.125. The van der Waals surface area contributed by atoms with Crippen LogP contribution in [0.4, 0.5) is 5.69 Å². The van der Waals surface area contributed by atoms with Gasteiger partial charge in [-0.05, 0) is 61.6 Å². The van der Waals surface area contributed by atoms with Gasteiger partial charge in [0.05, 0.1) is 30.6 Å². The largest absolute Gasteiger partial charge is 0.481 e. The maximum Gasteiger partial charge on any atom is 0.307 e. The van der Waals surface area contributed by atoms with Crippen LogP contribution in [0.15, 0.2) is 36.4 Å². The van der Waals surface area contributed by atoms with Crippen molar-refractivity contribution in [2.24, 2.45) is 0 Å². The van der Waals surface area contributed by atoms with E-state index in [2.05, 4.69) is 4.98 Å². The van der Waals surface area contributed by atoms with E-state index in [1.54, 1.807) is 0 Å². The van der Waals surface area contributed by atoms with E-state index in [0.717, 1.165) is 39.1 Å². The van der Waals surface area contributed by atoms with Gasteiger partial charge < -0.3 is 5.11 Å². The van der Waals surface area contributed by atoms with Gasteiger partial charge in [-0.2, -0.15) is 0 Å². The van der Waals surface area contributed by atoms with Crippen molar-refractivity contribution in [2.75, 3.05) is 10.6 Å². The Balaban J connectivity index is 2.17. The van der Waals surface area contributed by atoms with Crippen LogP contribution < -0.4 is 4.31 Å². The maximum absolute atomic E-state index is 12.8. The summed E-state index contributed by atoms with van der Waals surface area (Å²) in [7, 11) is -3.62. The van der Waals surface area contributed by atoms with Gasteiger partial charge in [0.25, 0.3) is 0 Å². The second kappa shape index (κ2) is 7.74. The molecule has 166 valence electrons. The molecule has 0 saturated heterocycles. The van der Waals surface area contributed by atoms with E-state index in [1.165, 1.54) is 10.6 Å². The van der Waals surface area contributed by atoms with Crippen molar-refractivity contribution < 1.29 is 18.3 Å². The van der Waals surface area contributed by atoms with E-state index < -0.39 is 16.0 Å². The smallest absolute Gasteiger partial charge is 0.307 e. The summed E-state index contributed by atoms with van der Waals surface area (Å²) in [5.41, 5.74) is 8.76. The lowest BCUT2D eigenvalue weighted by Crippen LogP contribution is -2.34. The third-order valence-electron chi connectivity index (χ3n) is 6.09. The van der Waals surface area contributed by atoms with Crippen LogP contribution >= 0.6 is 0 Å². The number of hydrogen-bond donors (Lipinski definition) is 1. The first-order chi connectivity index (χ1) is 15.0. The highest BCUT2D eigenvalue weighted by Crippen LogP contribution is 2.49. The van der Waals surface area contributed by atoms with E-state index in [1.807, 2.05) is 64.1 Å². The fraction of sp³-hybridized carbons (Fsp3) is 0.280. The summed E-state index contributed by atoms with van der Waals surface area (Å²) >= 11 is 0. The molecule has 0 unspecified atom stereocenters. The Labute approximate surface area is 188 Å². The fourth-order valence-corrected chi connectivity index (χ4v) is 5.54. The molecule has 2 aromatic carbocycles. The number of benzene rings is 2. The third kappa shape index (κ3) is 3.66. The van der Waals surface area contributed by atoms with Crippen LogP contribution in [-0.4, -0.2) is 30.7 Å². The molecule has 1 aliphatic heterocycles. The number of aliphatic carboxylic acids is 1. The van der Waals surface area contributed by atoms with Crippen LogP contribution in [-0.2, 0) is 27.8 Å². The number of hydrogen-bond acceptors (Lipinski definition) is 4. The summed E-state index contributed by atoms with van der Waals surface area (Å²) in [6, 6.07) is 11.9. The van der Waals surface area contributed by atoms with E-state index in [-0.39, 0.29) is 13.0 Å². The van der Waals surface area contributed by atoms with Crippen LogP contribution in [0.5, 0.6) is 0 Å². The summed E-state index contributed by atoms with van der Waals surface area (Å²) in [6.45, 7) is 7.76. The molecule has 0 atom stereocenters. The average Bonchev–Trinajstić information content (AvgIpc) is 2.70. The Morgan fingerprint density at radius 2 is 1.66 bits per heavy atom. The maximum atomic E-state index is 12.8. The normalized spacial score (nSPS) is 13.0. The number of carbonyl (C=O) groups is 1. The molecule has 7 heteroatoms. The number of pyridine rings is 1. The van der Waals surface area contributed by atoms with Crippen LogP contribution in [0.3, 0.4) is 0 Å². The van der Waals surface area contributed by atoms with Crippen molar-refractivity contribution in [1.29, 1.82) is 0 Å². The Bertz CT molecular complexity index is 1360. The van der Waals surface area contributed by atoms with Crippen molar-refractivity contribution >= 4 is 21.7 Å². The van der Waals surface area contributed by atoms with E-state index >= 15 is 0 Å². The molecule has 1 N–H and O–H groups in total. The summed E-state index contributed by atoms with van der Waals surface area (Å²) < 4.78 is 27.0. The zero-order valence-corrected chi connectivity index (χ0v) is 19.7. The molecule has 32 heavy (non-hydrogen) atoms. The number of sulfonamides is 1. The van der Waals surface area contributed by atoms with E-state index in [4.69, 9.17) is 0 Å². The van der Waals surface area contributed by atoms with Gasteiger partial charge >= 0.3 is 5.97 Å². The molecule has 0 saturated carbocycles. The monoisotopic (exact) mass is 450 g/mol. The van der Waals surface area contributed by atoms with Crippen molar-refractivity contribution in [3.05, 3.63) is 70.0 Å². The number of aryl methyl sites for hydroxylation is 2. The minimum Gasteiger partial charge on any atom is -0.481 e. The van der Waals surface area contributed by atoms with Crippen LogP contribution in [0.2, 0.25) is 0 Å². The topological polar surface area (TPSA) is 87.6 Å². The molecular formula is C25H26N2O4S. The molecule has 0 amide bonds. The molecule has 1 aromatic heterocycles. The van der Waals surface area contributed by atoms with Crippen molar-refractivity contribution in [3.63, 3.8) is 0 Å². The highest BCUT2D eigenvalue weighted by Gasteiger charge is 2.34. The summed E-state index contributed by atoms with van der Waals surface area (Å²) in [4.78, 5) is 16.4. The van der Waals surface area contributed by atoms with Crippen LogP contribution in [0.1, 0.15) is 33.6 Å². The summed E-state index contributed by atoms with van der Waals surface area (Å²) in [5.74, 6) is -0.958. The zero-order chi connectivity index (χ0) is 23.4. The molecule has 0 fully saturated rings. The second-order valence-electron chi connectivity index (χ2n) is 8.48. The molecule has 4 rings (SSSR count). The molecule has 6 nitrogen and oxygen atoms in total. The first kappa shape index (κ1) is 22.0. The average molecular weight is 451 g/mol. The first-order valence-corrected chi connectivity index (χ1v) is 12.2. The molecule has 0 aliphatic carbocycles. The molecule has 0 bridgehead atoms. The van der Waals surface area contributed by atoms with Gasteiger partial charge in [0.2, 0.25) is 10.0 Å². The predicted molar refractivity (Wildman–Crippen MR) is 126 cm³/mol. The van der Waals surface area contributed by atoms with Gasteiger partial charge in [0, 0.05) is 16.8 Å². The highest BCUT2D eigenvalue weighted by atomic mass is 32.2. The van der Waals surface area contributed by atoms with Gasteiger partial charge in [-0.1, -0.05) is 35.9 Å². The number of carboxylic acids is 1.